The van der Waals surface area contributed by atoms with Crippen LogP contribution in [0.1, 0.15) is 25.7 Å². The van der Waals surface area contributed by atoms with Gasteiger partial charge in [-0.3, -0.25) is 4.79 Å². The van der Waals surface area contributed by atoms with Crippen LogP contribution in [0.4, 0.5) is 0 Å². The Kier molecular flexibility index (Phi) is 2.34. The van der Waals surface area contributed by atoms with Crippen LogP contribution < -0.4 is 0 Å². The average Bonchev–Trinajstić information content (AvgIpc) is 2.87. The third-order valence-corrected chi connectivity index (χ3v) is 3.66. The fourth-order valence-corrected chi connectivity index (χ4v) is 2.93. The highest BCUT2D eigenvalue weighted by atomic mass is 16.2. The Morgan fingerprint density at radius 1 is 1.44 bits per heavy atom. The molecule has 6 nitrogen and oxygen atoms in total. The summed E-state index contributed by atoms with van der Waals surface area (Å²) >= 11 is 0. The van der Waals surface area contributed by atoms with Gasteiger partial charge in [-0.15, -0.1) is 5.10 Å². The molecule has 1 aromatic heterocycles. The number of rotatable bonds is 2. The lowest BCUT2D eigenvalue weighted by Gasteiger charge is -2.24. The van der Waals surface area contributed by atoms with Crippen LogP contribution in [-0.4, -0.2) is 43.6 Å². The third kappa shape index (κ3) is 1.68. The highest BCUT2D eigenvalue weighted by Crippen LogP contribution is 2.35. The van der Waals surface area contributed by atoms with Gasteiger partial charge in [0.2, 0.25) is 5.91 Å². The predicted molar refractivity (Wildman–Crippen MR) is 55.3 cm³/mol. The summed E-state index contributed by atoms with van der Waals surface area (Å²) in [6.45, 7) is 1.21. The first kappa shape index (κ1) is 9.74. The number of nitrogens with zero attached hydrogens (tertiary/aromatic N) is 5. The zero-order valence-corrected chi connectivity index (χ0v) is 9.12. The van der Waals surface area contributed by atoms with Gasteiger partial charge in [0.25, 0.3) is 0 Å². The Labute approximate surface area is 93.6 Å². The van der Waals surface area contributed by atoms with Crippen molar-refractivity contribution in [1.29, 1.82) is 0 Å². The molecule has 2 aliphatic rings. The van der Waals surface area contributed by atoms with Gasteiger partial charge in [-0.2, -0.15) is 0 Å². The molecular formula is C10H15N5O. The smallest absolute Gasteiger partial charge is 0.244 e. The second-order valence-electron chi connectivity index (χ2n) is 4.74. The van der Waals surface area contributed by atoms with Crippen molar-refractivity contribution in [3.63, 3.8) is 0 Å². The van der Waals surface area contributed by atoms with Gasteiger partial charge in [-0.25, -0.2) is 4.68 Å². The average molecular weight is 221 g/mol. The van der Waals surface area contributed by atoms with Crippen molar-refractivity contribution in [3.8, 4) is 0 Å². The predicted octanol–water partition coefficient (Wildman–Crippen LogP) is 0.0741. The van der Waals surface area contributed by atoms with E-state index in [0.29, 0.717) is 6.04 Å². The molecule has 2 fully saturated rings. The minimum atomic E-state index is 0.154. The first-order chi connectivity index (χ1) is 7.83. The molecule has 1 aliphatic heterocycles. The van der Waals surface area contributed by atoms with E-state index < -0.39 is 0 Å². The molecule has 1 saturated carbocycles. The van der Waals surface area contributed by atoms with Crippen LogP contribution in [0.2, 0.25) is 0 Å². The second kappa shape index (κ2) is 3.84. The summed E-state index contributed by atoms with van der Waals surface area (Å²) in [7, 11) is 0. The number of likely N-dealkylation sites (tertiary alicyclic amines) is 1. The summed E-state index contributed by atoms with van der Waals surface area (Å²) in [6.07, 6.45) is 6.40. The maximum atomic E-state index is 12.1. The van der Waals surface area contributed by atoms with Crippen LogP contribution in [0, 0.1) is 5.92 Å². The van der Waals surface area contributed by atoms with E-state index in [0.717, 1.165) is 18.9 Å². The van der Waals surface area contributed by atoms with Crippen molar-refractivity contribution in [1.82, 2.24) is 25.1 Å². The third-order valence-electron chi connectivity index (χ3n) is 3.66. The lowest BCUT2D eigenvalue weighted by molar-refractivity contribution is -0.132. The van der Waals surface area contributed by atoms with Crippen LogP contribution in [0.3, 0.4) is 0 Å². The van der Waals surface area contributed by atoms with E-state index in [1.807, 2.05) is 4.90 Å². The van der Waals surface area contributed by atoms with E-state index in [2.05, 4.69) is 15.5 Å². The molecule has 1 aliphatic carbocycles. The van der Waals surface area contributed by atoms with Crippen LogP contribution in [0.5, 0.6) is 0 Å². The molecule has 1 amide bonds. The van der Waals surface area contributed by atoms with Crippen molar-refractivity contribution in [2.75, 3.05) is 6.54 Å². The van der Waals surface area contributed by atoms with Crippen molar-refractivity contribution in [2.24, 2.45) is 5.92 Å². The number of amides is 1. The number of fused-ring (bicyclic) bond motifs is 2. The second-order valence-corrected chi connectivity index (χ2v) is 4.74. The fraction of sp³-hybridized carbons (Fsp3) is 0.800. The lowest BCUT2D eigenvalue weighted by atomic mass is 9.90. The summed E-state index contributed by atoms with van der Waals surface area (Å²) < 4.78 is 1.49. The summed E-state index contributed by atoms with van der Waals surface area (Å²) in [4.78, 5) is 14.1. The topological polar surface area (TPSA) is 63.9 Å². The highest BCUT2D eigenvalue weighted by molar-refractivity contribution is 5.76. The van der Waals surface area contributed by atoms with Gasteiger partial charge in [0.1, 0.15) is 12.9 Å². The van der Waals surface area contributed by atoms with E-state index in [4.69, 9.17) is 0 Å². The zero-order chi connectivity index (χ0) is 11.0. The number of carbonyl (C=O) groups excluding carboxylic acids is 1. The van der Waals surface area contributed by atoms with E-state index in [1.165, 1.54) is 30.3 Å². The summed E-state index contributed by atoms with van der Waals surface area (Å²) in [5.41, 5.74) is 0. The zero-order valence-electron chi connectivity index (χ0n) is 9.12. The van der Waals surface area contributed by atoms with Crippen LogP contribution in [0.25, 0.3) is 0 Å². The molecule has 2 bridgehead atoms. The molecule has 1 aromatic rings. The van der Waals surface area contributed by atoms with Crippen molar-refractivity contribution >= 4 is 5.91 Å². The number of hydrogen-bond donors (Lipinski definition) is 0. The number of hydrogen-bond acceptors (Lipinski definition) is 4. The monoisotopic (exact) mass is 221 g/mol. The summed E-state index contributed by atoms with van der Waals surface area (Å²) in [5.74, 6) is 0.887. The molecule has 6 heteroatoms. The standard InChI is InChI=1S/C10H15N5O/c16-10(6-14-7-11-12-13-14)15-5-8-2-1-3-9(15)4-8/h7-9H,1-6H2. The molecule has 86 valence electrons. The van der Waals surface area contributed by atoms with Crippen LogP contribution in [0.15, 0.2) is 6.33 Å². The normalized spacial score (nSPS) is 28.4. The molecule has 2 unspecified atom stereocenters. The molecule has 0 aromatic carbocycles. The molecule has 1 saturated heterocycles. The van der Waals surface area contributed by atoms with Crippen LogP contribution in [-0.2, 0) is 11.3 Å². The summed E-state index contributed by atoms with van der Waals surface area (Å²) in [6, 6.07) is 0.475. The van der Waals surface area contributed by atoms with Crippen molar-refractivity contribution in [2.45, 2.75) is 38.3 Å². The maximum Gasteiger partial charge on any atom is 0.244 e. The van der Waals surface area contributed by atoms with E-state index in [-0.39, 0.29) is 12.5 Å². The first-order valence-electron chi connectivity index (χ1n) is 5.83. The quantitative estimate of drug-likeness (QED) is 0.709. The Balaban J connectivity index is 1.67. The van der Waals surface area contributed by atoms with Gasteiger partial charge in [0.15, 0.2) is 0 Å². The molecule has 2 atom stereocenters. The van der Waals surface area contributed by atoms with Gasteiger partial charge >= 0.3 is 0 Å². The van der Waals surface area contributed by atoms with Gasteiger partial charge in [-0.1, -0.05) is 6.42 Å². The Hall–Kier alpha value is -1.46. The molecule has 2 heterocycles. The number of tetrazole rings is 1. The minimum absolute atomic E-state index is 0.154. The molecule has 3 rings (SSSR count). The largest absolute Gasteiger partial charge is 0.338 e. The van der Waals surface area contributed by atoms with E-state index in [9.17, 15) is 4.79 Å². The number of carbonyl (C=O) groups is 1. The van der Waals surface area contributed by atoms with Gasteiger partial charge in [-0.05, 0) is 35.6 Å². The molecule has 0 N–H and O–H groups in total. The Bertz CT molecular complexity index is 377. The lowest BCUT2D eigenvalue weighted by Crippen LogP contribution is -2.37. The summed E-state index contributed by atoms with van der Waals surface area (Å²) in [5, 5.41) is 10.8. The van der Waals surface area contributed by atoms with Crippen molar-refractivity contribution in [3.05, 3.63) is 6.33 Å². The Morgan fingerprint density at radius 2 is 2.38 bits per heavy atom. The highest BCUT2D eigenvalue weighted by Gasteiger charge is 2.37. The molecular weight excluding hydrogens is 206 g/mol. The number of aromatic nitrogens is 4. The van der Waals surface area contributed by atoms with Gasteiger partial charge in [0, 0.05) is 12.6 Å². The molecule has 0 radical (unpaired) electrons. The molecule has 16 heavy (non-hydrogen) atoms. The minimum Gasteiger partial charge on any atom is -0.338 e. The van der Waals surface area contributed by atoms with E-state index >= 15 is 0 Å². The maximum absolute atomic E-state index is 12.1. The van der Waals surface area contributed by atoms with Crippen molar-refractivity contribution < 1.29 is 4.79 Å². The van der Waals surface area contributed by atoms with Gasteiger partial charge in [0.05, 0.1) is 0 Å². The fourth-order valence-electron chi connectivity index (χ4n) is 2.93. The van der Waals surface area contributed by atoms with Crippen LogP contribution >= 0.6 is 0 Å². The van der Waals surface area contributed by atoms with Gasteiger partial charge < -0.3 is 4.90 Å². The molecule has 0 spiro atoms. The SMILES string of the molecule is O=C(Cn1cnnn1)N1CC2CCCC1C2. The van der Waals surface area contributed by atoms with E-state index in [1.54, 1.807) is 0 Å². The Morgan fingerprint density at radius 3 is 3.12 bits per heavy atom. The first-order valence-corrected chi connectivity index (χ1v) is 5.83.